The molecule has 0 atom stereocenters. The fraction of sp³-hybridized carbons (Fsp3) is 0.200. The Kier molecular flexibility index (Phi) is 3.53. The van der Waals surface area contributed by atoms with Crippen molar-refractivity contribution in [2.45, 2.75) is 10.7 Å². The summed E-state index contributed by atoms with van der Waals surface area (Å²) >= 11 is 6.75. The lowest BCUT2D eigenvalue weighted by atomic mass is 10.4. The third kappa shape index (κ3) is 2.46. The average Bonchev–Trinajstić information content (AvgIpc) is 2.78. The summed E-state index contributed by atoms with van der Waals surface area (Å²) in [5.41, 5.74) is 2.00. The summed E-state index contributed by atoms with van der Waals surface area (Å²) in [4.78, 5) is 4.45. The van der Waals surface area contributed by atoms with Crippen LogP contribution in [0, 0.1) is 0 Å². The maximum atomic E-state index is 4.45. The lowest BCUT2D eigenvalue weighted by Crippen LogP contribution is -2.00. The van der Waals surface area contributed by atoms with Crippen LogP contribution in [-0.2, 0) is 10.7 Å². The number of hydrogen-bond acceptors (Lipinski definition) is 2. The van der Waals surface area contributed by atoms with Gasteiger partial charge in [-0.05, 0) is 18.2 Å². The molecule has 0 unspecified atom stereocenters. The molecule has 0 aliphatic carbocycles. The molecule has 0 spiro atoms. The first kappa shape index (κ1) is 10.8. The van der Waals surface area contributed by atoms with E-state index in [0.29, 0.717) is 0 Å². The van der Waals surface area contributed by atoms with Gasteiger partial charge in [0.25, 0.3) is 0 Å². The highest BCUT2D eigenvalue weighted by atomic mass is 79.9. The van der Waals surface area contributed by atoms with Crippen molar-refractivity contribution < 1.29 is 0 Å². The highest BCUT2D eigenvalue weighted by molar-refractivity contribution is 9.08. The van der Waals surface area contributed by atoms with Gasteiger partial charge in [-0.15, -0.1) is 0 Å². The van der Waals surface area contributed by atoms with Gasteiger partial charge in [0.1, 0.15) is 0 Å². The van der Waals surface area contributed by atoms with Gasteiger partial charge in [-0.3, -0.25) is 0 Å². The predicted octanol–water partition coefficient (Wildman–Crippen LogP) is 3.06. The highest BCUT2D eigenvalue weighted by Gasteiger charge is 2.01. The Hall–Kier alpha value is -0.680. The summed E-state index contributed by atoms with van der Waals surface area (Å²) in [6.07, 6.45) is 1.91. The molecule has 0 saturated carbocycles. The molecule has 2 aromatic rings. The fourth-order valence-corrected chi connectivity index (χ4v) is 1.84. The molecule has 5 heteroatoms. The number of nitrogens with zero attached hydrogens (tertiary/aromatic N) is 3. The lowest BCUT2D eigenvalue weighted by molar-refractivity contribution is 0.825. The van der Waals surface area contributed by atoms with Crippen LogP contribution in [0.5, 0.6) is 0 Å². The van der Waals surface area contributed by atoms with Crippen LogP contribution in [0.4, 0.5) is 0 Å². The molecule has 0 fully saturated rings. The third-order valence-electron chi connectivity index (χ3n) is 1.94. The number of alkyl halides is 2. The summed E-state index contributed by atoms with van der Waals surface area (Å²) in [6.45, 7) is 0. The molecule has 2 aromatic heterocycles. The number of rotatable bonds is 3. The topological polar surface area (TPSA) is 30.7 Å². The summed E-state index contributed by atoms with van der Waals surface area (Å²) < 4.78 is 1.78. The van der Waals surface area contributed by atoms with Gasteiger partial charge in [0.05, 0.1) is 11.4 Å². The minimum atomic E-state index is 0.757. The second-order valence-corrected chi connectivity index (χ2v) is 4.13. The average molecular weight is 331 g/mol. The standard InChI is InChI=1S/C10H9Br2N3/c11-6-8-2-1-3-10(13-8)15-5-4-9(7-12)14-15/h1-5H,6-7H2. The number of hydrogen-bond donors (Lipinski definition) is 0. The predicted molar refractivity (Wildman–Crippen MR) is 66.6 cm³/mol. The lowest BCUT2D eigenvalue weighted by Gasteiger charge is -2.01. The first-order valence-electron chi connectivity index (χ1n) is 4.46. The smallest absolute Gasteiger partial charge is 0.153 e. The SMILES string of the molecule is BrCc1cccc(-n2ccc(CBr)n2)n1. The highest BCUT2D eigenvalue weighted by Crippen LogP contribution is 2.09. The normalized spacial score (nSPS) is 10.5. The van der Waals surface area contributed by atoms with Gasteiger partial charge >= 0.3 is 0 Å². The van der Waals surface area contributed by atoms with Crippen molar-refractivity contribution >= 4 is 31.9 Å². The van der Waals surface area contributed by atoms with E-state index in [1.165, 1.54) is 0 Å². The van der Waals surface area contributed by atoms with Crippen LogP contribution in [0.25, 0.3) is 5.82 Å². The first-order valence-corrected chi connectivity index (χ1v) is 6.70. The van der Waals surface area contributed by atoms with Crippen LogP contribution in [0.1, 0.15) is 11.4 Å². The number of aromatic nitrogens is 3. The van der Waals surface area contributed by atoms with E-state index in [9.17, 15) is 0 Å². The van der Waals surface area contributed by atoms with Crippen molar-refractivity contribution in [1.29, 1.82) is 0 Å². The van der Waals surface area contributed by atoms with E-state index in [4.69, 9.17) is 0 Å². The van der Waals surface area contributed by atoms with Crippen molar-refractivity contribution in [3.8, 4) is 5.82 Å². The van der Waals surface area contributed by atoms with Crippen LogP contribution < -0.4 is 0 Å². The molecule has 0 saturated heterocycles. The van der Waals surface area contributed by atoms with Crippen LogP contribution in [-0.4, -0.2) is 14.8 Å². The van der Waals surface area contributed by atoms with Crippen molar-refractivity contribution in [2.24, 2.45) is 0 Å². The molecule has 78 valence electrons. The fourth-order valence-electron chi connectivity index (χ4n) is 1.23. The van der Waals surface area contributed by atoms with Crippen LogP contribution in [0.2, 0.25) is 0 Å². The first-order chi connectivity index (χ1) is 7.33. The molecule has 2 heterocycles. The van der Waals surface area contributed by atoms with E-state index in [-0.39, 0.29) is 0 Å². The zero-order valence-corrected chi connectivity index (χ0v) is 11.1. The second kappa shape index (κ2) is 4.90. The van der Waals surface area contributed by atoms with E-state index in [0.717, 1.165) is 27.9 Å². The Morgan fingerprint density at radius 3 is 2.53 bits per heavy atom. The Bertz CT molecular complexity index is 453. The molecule has 0 aliphatic heterocycles. The summed E-state index contributed by atoms with van der Waals surface area (Å²) in [6, 6.07) is 7.87. The second-order valence-electron chi connectivity index (χ2n) is 3.01. The molecule has 0 bridgehead atoms. The molecule has 0 radical (unpaired) electrons. The van der Waals surface area contributed by atoms with Crippen molar-refractivity contribution in [2.75, 3.05) is 0 Å². The maximum Gasteiger partial charge on any atom is 0.153 e. The Morgan fingerprint density at radius 1 is 1.07 bits per heavy atom. The van der Waals surface area contributed by atoms with Crippen molar-refractivity contribution in [3.05, 3.63) is 41.9 Å². The molecule has 0 aliphatic rings. The van der Waals surface area contributed by atoms with Crippen molar-refractivity contribution in [1.82, 2.24) is 14.8 Å². The summed E-state index contributed by atoms with van der Waals surface area (Å²) in [5, 5.41) is 5.89. The van der Waals surface area contributed by atoms with Gasteiger partial charge in [-0.2, -0.15) is 5.10 Å². The van der Waals surface area contributed by atoms with Crippen molar-refractivity contribution in [3.63, 3.8) is 0 Å². The van der Waals surface area contributed by atoms with Crippen LogP contribution in [0.3, 0.4) is 0 Å². The van der Waals surface area contributed by atoms with Gasteiger partial charge in [0.2, 0.25) is 0 Å². The molecule has 0 amide bonds. The van der Waals surface area contributed by atoms with Gasteiger partial charge in [-0.1, -0.05) is 37.9 Å². The van der Waals surface area contributed by atoms with Crippen LogP contribution in [0.15, 0.2) is 30.5 Å². The van der Waals surface area contributed by atoms with Gasteiger partial charge < -0.3 is 0 Å². The van der Waals surface area contributed by atoms with Gasteiger partial charge in [0.15, 0.2) is 5.82 Å². The zero-order valence-electron chi connectivity index (χ0n) is 7.90. The van der Waals surface area contributed by atoms with E-state index in [1.807, 2.05) is 30.5 Å². The number of halogens is 2. The van der Waals surface area contributed by atoms with E-state index >= 15 is 0 Å². The molecular formula is C10H9Br2N3. The molecular weight excluding hydrogens is 322 g/mol. The maximum absolute atomic E-state index is 4.45. The van der Waals surface area contributed by atoms with Gasteiger partial charge in [-0.25, -0.2) is 9.67 Å². The van der Waals surface area contributed by atoms with Crippen LogP contribution >= 0.6 is 31.9 Å². The minimum absolute atomic E-state index is 0.757. The Labute approximate surface area is 105 Å². The molecule has 0 aromatic carbocycles. The van der Waals surface area contributed by atoms with E-state index in [2.05, 4.69) is 41.9 Å². The van der Waals surface area contributed by atoms with E-state index in [1.54, 1.807) is 4.68 Å². The molecule has 0 N–H and O–H groups in total. The number of pyridine rings is 1. The minimum Gasteiger partial charge on any atom is -0.233 e. The molecule has 15 heavy (non-hydrogen) atoms. The monoisotopic (exact) mass is 329 g/mol. The molecule has 2 rings (SSSR count). The summed E-state index contributed by atoms with van der Waals surface area (Å²) in [5.74, 6) is 0.846. The van der Waals surface area contributed by atoms with E-state index < -0.39 is 0 Å². The van der Waals surface area contributed by atoms with Gasteiger partial charge in [0, 0.05) is 16.9 Å². The zero-order chi connectivity index (χ0) is 10.7. The molecule has 3 nitrogen and oxygen atoms in total. The Morgan fingerprint density at radius 2 is 1.87 bits per heavy atom. The summed E-state index contributed by atoms with van der Waals surface area (Å²) in [7, 11) is 0. The quantitative estimate of drug-likeness (QED) is 0.810. The Balaban J connectivity index is 2.35. The third-order valence-corrected chi connectivity index (χ3v) is 3.09. The largest absolute Gasteiger partial charge is 0.233 e.